The van der Waals surface area contributed by atoms with E-state index in [9.17, 15) is 0 Å². The van der Waals surface area contributed by atoms with Gasteiger partial charge >= 0.3 is 49.4 Å². The van der Waals surface area contributed by atoms with E-state index in [0.717, 1.165) is 0 Å². The van der Waals surface area contributed by atoms with Crippen molar-refractivity contribution in [1.29, 1.82) is 0 Å². The molecule has 0 fully saturated rings. The van der Waals surface area contributed by atoms with E-state index >= 15 is 0 Å². The van der Waals surface area contributed by atoms with Crippen molar-refractivity contribution >= 4 is 0 Å². The van der Waals surface area contributed by atoms with Crippen molar-refractivity contribution in [2.24, 2.45) is 10.8 Å². The summed E-state index contributed by atoms with van der Waals surface area (Å²) in [6.45, 7) is 22.3. The monoisotopic (exact) mass is 479 g/mol. The molecule has 0 aromatic rings. The van der Waals surface area contributed by atoms with Gasteiger partial charge in [-0.25, -0.2) is 11.1 Å². The summed E-state index contributed by atoms with van der Waals surface area (Å²) in [5.74, 6) is 0. The number of hydrogen-bond donors (Lipinski definition) is 0. The summed E-state index contributed by atoms with van der Waals surface area (Å²) in [6.07, 6.45) is 12.0. The fourth-order valence-corrected chi connectivity index (χ4v) is 3.52. The van der Waals surface area contributed by atoms with E-state index in [1.54, 1.807) is 0 Å². The molecule has 1 heteroatoms. The zero-order valence-corrected chi connectivity index (χ0v) is 20.6. The zero-order chi connectivity index (χ0) is 18.7. The van der Waals surface area contributed by atoms with E-state index in [1.807, 2.05) is 0 Å². The van der Waals surface area contributed by atoms with Crippen LogP contribution in [-0.4, -0.2) is 0 Å². The van der Waals surface area contributed by atoms with Crippen molar-refractivity contribution in [3.63, 3.8) is 0 Å². The minimum Gasteiger partial charge on any atom is -0.263 e. The van der Waals surface area contributed by atoms with Crippen molar-refractivity contribution in [1.82, 2.24) is 0 Å². The molecule has 0 aromatic heterocycles. The minimum absolute atomic E-state index is 0. The Morgan fingerprint density at radius 3 is 1.08 bits per heavy atom. The molecule has 1 radical (unpaired) electrons. The summed E-state index contributed by atoms with van der Waals surface area (Å²) in [5.41, 5.74) is 9.20. The molecular formula is C24H38Eu. The molecule has 0 aliphatic heterocycles. The second-order valence-corrected chi connectivity index (χ2v) is 8.46. The molecule has 0 spiro atoms. The Labute approximate surface area is 198 Å². The summed E-state index contributed by atoms with van der Waals surface area (Å²) in [6, 6.07) is 0. The summed E-state index contributed by atoms with van der Waals surface area (Å²) in [5, 5.41) is 0. The first-order valence-corrected chi connectivity index (χ1v) is 9.62. The smallest absolute Gasteiger partial charge is 0.263 e. The first-order valence-electron chi connectivity index (χ1n) is 9.62. The maximum absolute atomic E-state index is 3.57. The Balaban J connectivity index is 0.000000443. The summed E-state index contributed by atoms with van der Waals surface area (Å²) in [7, 11) is 0. The molecule has 2 rings (SSSR count). The molecule has 0 heterocycles. The van der Waals surface area contributed by atoms with E-state index in [4.69, 9.17) is 0 Å². The van der Waals surface area contributed by atoms with Crippen LogP contribution in [0.3, 0.4) is 0 Å². The molecule has 0 unspecified atom stereocenters. The molecule has 0 nitrogen and oxygen atoms in total. The number of hydrogen-bond acceptors (Lipinski definition) is 0. The third-order valence-corrected chi connectivity index (χ3v) is 5.83. The summed E-state index contributed by atoms with van der Waals surface area (Å²) in [4.78, 5) is 0. The van der Waals surface area contributed by atoms with Crippen LogP contribution in [0.1, 0.15) is 94.9 Å². The minimum atomic E-state index is 0. The van der Waals surface area contributed by atoms with Crippen LogP contribution in [0.5, 0.6) is 0 Å². The van der Waals surface area contributed by atoms with Crippen molar-refractivity contribution in [3.8, 4) is 0 Å². The van der Waals surface area contributed by atoms with Gasteiger partial charge in [-0.05, 0) is 0 Å². The zero-order valence-electron chi connectivity index (χ0n) is 18.2. The van der Waals surface area contributed by atoms with Crippen molar-refractivity contribution in [3.05, 3.63) is 45.6 Å². The van der Waals surface area contributed by atoms with Crippen LogP contribution in [0.25, 0.3) is 0 Å². The molecule has 0 atom stereocenters. The van der Waals surface area contributed by atoms with E-state index in [0.29, 0.717) is 0 Å². The maximum atomic E-state index is 3.57. The Hall–Kier alpha value is 0.544. The molecular weight excluding hydrogens is 440 g/mol. The fourth-order valence-electron chi connectivity index (χ4n) is 3.52. The topological polar surface area (TPSA) is 0 Å². The van der Waals surface area contributed by atoms with Gasteiger partial charge in [-0.15, -0.1) is 13.8 Å². The Morgan fingerprint density at radius 1 is 0.640 bits per heavy atom. The molecule has 25 heavy (non-hydrogen) atoms. The quantitative estimate of drug-likeness (QED) is 0.362. The Bertz CT molecular complexity index is 538. The van der Waals surface area contributed by atoms with Gasteiger partial charge in [0, 0.05) is 0 Å². The van der Waals surface area contributed by atoms with Gasteiger partial charge in [-0.3, -0.25) is 12.2 Å². The van der Waals surface area contributed by atoms with Crippen LogP contribution in [0.15, 0.2) is 33.4 Å². The molecule has 141 valence electrons. The number of rotatable bonds is 4. The van der Waals surface area contributed by atoms with Crippen LogP contribution in [0.2, 0.25) is 0 Å². The molecule has 0 saturated carbocycles. The van der Waals surface area contributed by atoms with Gasteiger partial charge in [0.2, 0.25) is 0 Å². The second kappa shape index (κ2) is 10.2. The fraction of sp³-hybridized carbons (Fsp3) is 0.667. The SMILES string of the molecule is CCCC1=[C-]C(C)(C)C(C)=C1C.CCCC1=[C-]C(C)(C)C(C)=C1C.[Eu+2]. The van der Waals surface area contributed by atoms with Crippen LogP contribution < -0.4 is 0 Å². The molecule has 0 N–H and O–H groups in total. The summed E-state index contributed by atoms with van der Waals surface area (Å²) < 4.78 is 0. The van der Waals surface area contributed by atoms with Gasteiger partial charge in [0.25, 0.3) is 0 Å². The van der Waals surface area contributed by atoms with Crippen LogP contribution in [-0.2, 0) is 0 Å². The van der Waals surface area contributed by atoms with Crippen LogP contribution in [0.4, 0.5) is 0 Å². The van der Waals surface area contributed by atoms with Crippen LogP contribution in [0, 0.1) is 72.4 Å². The standard InChI is InChI=1S/2C12H19.Eu/c2*1-6-7-11-8-12(4,5)10(3)9(11)2;/h2*6-7H2,1-5H3;/q2*-1;+2. The largest absolute Gasteiger partial charge is 2.00 e. The third kappa shape index (κ3) is 6.29. The first-order chi connectivity index (χ1) is 11.0. The average Bonchev–Trinajstić information content (AvgIpc) is 2.80. The molecule has 2 aliphatic rings. The second-order valence-electron chi connectivity index (χ2n) is 8.46. The van der Waals surface area contributed by atoms with Gasteiger partial charge in [-0.1, -0.05) is 91.9 Å². The van der Waals surface area contributed by atoms with Gasteiger partial charge in [-0.2, -0.15) is 22.3 Å². The molecule has 2 aliphatic carbocycles. The first kappa shape index (κ1) is 25.5. The van der Waals surface area contributed by atoms with Crippen molar-refractivity contribution in [2.45, 2.75) is 94.9 Å². The Kier molecular flexibility index (Phi) is 10.4. The molecule has 0 saturated heterocycles. The predicted octanol–water partition coefficient (Wildman–Crippen LogP) is 7.78. The van der Waals surface area contributed by atoms with Crippen LogP contribution >= 0.6 is 0 Å². The van der Waals surface area contributed by atoms with E-state index in [2.05, 4.69) is 81.4 Å². The van der Waals surface area contributed by atoms with Gasteiger partial charge < -0.3 is 0 Å². The predicted molar refractivity (Wildman–Crippen MR) is 108 cm³/mol. The Morgan fingerprint density at radius 2 is 0.920 bits per heavy atom. The van der Waals surface area contributed by atoms with Crippen molar-refractivity contribution < 1.29 is 49.4 Å². The third-order valence-electron chi connectivity index (χ3n) is 5.83. The van der Waals surface area contributed by atoms with E-state index in [1.165, 1.54) is 59.1 Å². The van der Waals surface area contributed by atoms with Gasteiger partial charge in [0.1, 0.15) is 0 Å². The van der Waals surface area contributed by atoms with Crippen molar-refractivity contribution in [2.75, 3.05) is 0 Å². The maximum Gasteiger partial charge on any atom is 2.00 e. The normalized spacial score (nSPS) is 20.7. The van der Waals surface area contributed by atoms with E-state index in [-0.39, 0.29) is 60.2 Å². The van der Waals surface area contributed by atoms with Gasteiger partial charge in [0.05, 0.1) is 0 Å². The molecule has 0 bridgehead atoms. The van der Waals surface area contributed by atoms with Gasteiger partial charge in [0.15, 0.2) is 0 Å². The molecule has 0 aromatic carbocycles. The summed E-state index contributed by atoms with van der Waals surface area (Å²) >= 11 is 0. The van der Waals surface area contributed by atoms with E-state index < -0.39 is 0 Å². The number of allylic oxidation sites excluding steroid dienone is 8. The molecule has 0 amide bonds. The average molecular weight is 479 g/mol.